The van der Waals surface area contributed by atoms with Gasteiger partial charge in [0.1, 0.15) is 24.7 Å². The average molecular weight is 869 g/mol. The first-order chi connectivity index (χ1) is 26.6. The van der Waals surface area contributed by atoms with Crippen LogP contribution in [0.1, 0.15) is 11.1 Å². The van der Waals surface area contributed by atoms with Crippen molar-refractivity contribution in [1.82, 2.24) is 0 Å². The van der Waals surface area contributed by atoms with Crippen molar-refractivity contribution in [2.45, 2.75) is 13.1 Å². The topological polar surface area (TPSA) is 32.7 Å². The van der Waals surface area contributed by atoms with Crippen molar-refractivity contribution in [2.75, 3.05) is 37.1 Å². The summed E-state index contributed by atoms with van der Waals surface area (Å²) >= 11 is 0. The van der Waals surface area contributed by atoms with E-state index in [9.17, 15) is 0 Å². The number of pyridine rings is 2. The largest absolute Gasteiger partial charge is 1.00 e. The summed E-state index contributed by atoms with van der Waals surface area (Å²) in [6, 6.07) is 59.2. The molecule has 0 fully saturated rings. The van der Waals surface area contributed by atoms with Crippen molar-refractivity contribution in [3.05, 3.63) is 193 Å². The summed E-state index contributed by atoms with van der Waals surface area (Å²) in [6.45, 7) is 2.45. The van der Waals surface area contributed by atoms with E-state index in [1.807, 2.05) is 36.4 Å². The molecule has 6 aromatic carbocycles. The third-order valence-corrected chi connectivity index (χ3v) is 9.99. The molecular weight excluding hydrogens is 824 g/mol. The Labute approximate surface area is 350 Å². The number of ether oxygens (including phenoxy) is 2. The lowest BCUT2D eigenvalue weighted by Gasteiger charge is -2.20. The molecule has 0 aliphatic rings. The average Bonchev–Trinajstić information content (AvgIpc) is 3.24. The molecule has 0 bridgehead atoms. The maximum Gasteiger partial charge on any atom is 0.214 e. The fourth-order valence-corrected chi connectivity index (χ4v) is 7.08. The summed E-state index contributed by atoms with van der Waals surface area (Å²) in [5, 5.41) is 2.43. The molecular formula is C48H44Br2N4O2. The van der Waals surface area contributed by atoms with Crippen LogP contribution < -0.4 is 62.4 Å². The Balaban J connectivity index is 0.00000266. The van der Waals surface area contributed by atoms with E-state index in [1.165, 1.54) is 44.3 Å². The quantitative estimate of drug-likeness (QED) is 0.131. The zero-order valence-corrected chi connectivity index (χ0v) is 34.7. The Morgan fingerprint density at radius 1 is 0.411 bits per heavy atom. The number of aromatic nitrogens is 2. The monoisotopic (exact) mass is 866 g/mol. The van der Waals surface area contributed by atoms with E-state index in [1.54, 1.807) is 0 Å². The summed E-state index contributed by atoms with van der Waals surface area (Å²) in [7, 11) is 4.24. The molecule has 0 saturated carbocycles. The van der Waals surface area contributed by atoms with Gasteiger partial charge in [0.05, 0.1) is 22.1 Å². The summed E-state index contributed by atoms with van der Waals surface area (Å²) in [4.78, 5) is 4.48. The van der Waals surface area contributed by atoms with Gasteiger partial charge in [0.2, 0.25) is 11.0 Å². The summed E-state index contributed by atoms with van der Waals surface area (Å²) in [6.07, 6.45) is 4.35. The number of nitrogens with zero attached hydrogens (tertiary/aromatic N) is 4. The minimum absolute atomic E-state index is 0. The van der Waals surface area contributed by atoms with E-state index in [0.29, 0.717) is 13.2 Å². The number of fused-ring (bicyclic) bond motifs is 2. The molecule has 0 saturated heterocycles. The van der Waals surface area contributed by atoms with Gasteiger partial charge in [-0.25, -0.2) is 0 Å². The van der Waals surface area contributed by atoms with E-state index in [2.05, 4.69) is 179 Å². The van der Waals surface area contributed by atoms with Crippen molar-refractivity contribution >= 4 is 44.6 Å². The van der Waals surface area contributed by atoms with E-state index >= 15 is 0 Å². The molecule has 0 atom stereocenters. The van der Waals surface area contributed by atoms with E-state index in [-0.39, 0.29) is 34.0 Å². The maximum absolute atomic E-state index is 6.04. The van der Waals surface area contributed by atoms with Crippen LogP contribution in [0.3, 0.4) is 0 Å². The van der Waals surface area contributed by atoms with Gasteiger partial charge in [-0.3, -0.25) is 0 Å². The van der Waals surface area contributed by atoms with Gasteiger partial charge in [-0.15, -0.1) is 0 Å². The molecule has 0 N–H and O–H groups in total. The molecule has 2 heterocycles. The van der Waals surface area contributed by atoms with Crippen LogP contribution in [0.4, 0.5) is 22.7 Å². The number of benzene rings is 6. The summed E-state index contributed by atoms with van der Waals surface area (Å²) in [5.41, 5.74) is 9.47. The molecule has 0 spiro atoms. The summed E-state index contributed by atoms with van der Waals surface area (Å²) in [5.74, 6) is 1.66. The van der Waals surface area contributed by atoms with Gasteiger partial charge in [-0.1, -0.05) is 60.7 Å². The molecule has 2 aromatic heterocycles. The lowest BCUT2D eigenvalue weighted by atomic mass is 10.1. The Hall–Kier alpha value is -5.70. The van der Waals surface area contributed by atoms with Crippen LogP contribution in [0.2, 0.25) is 0 Å². The van der Waals surface area contributed by atoms with Crippen LogP contribution in [0.5, 0.6) is 11.5 Å². The van der Waals surface area contributed by atoms with Crippen LogP contribution >= 0.6 is 0 Å². The number of rotatable bonds is 13. The zero-order valence-electron chi connectivity index (χ0n) is 31.5. The number of halogens is 2. The highest BCUT2D eigenvalue weighted by molar-refractivity contribution is 5.92. The standard InChI is InChI=1S/C48H44N4O2.2BrH/c1-49(39-13-5-3-6-14-39)45-29-31-51(47-19-11-9-17-43(45)47)35-37-21-25-41(26-22-37)53-33-34-54-42-27-23-38(24-28-42)36-52-32-30-46(44-18-10-12-20-48(44)52)50(2)40-15-7-4-8-16-40;;/h3-32H,33-36H2,1-2H3;2*1H/q+2;;/p-2. The first kappa shape index (κ1) is 40.0. The Kier molecular flexibility index (Phi) is 13.4. The number of para-hydroxylation sites is 4. The van der Waals surface area contributed by atoms with Crippen LogP contribution in [0.25, 0.3) is 21.8 Å². The van der Waals surface area contributed by atoms with Crippen molar-refractivity contribution in [3.63, 3.8) is 0 Å². The molecule has 8 aromatic rings. The van der Waals surface area contributed by atoms with Crippen LogP contribution in [-0.2, 0) is 13.1 Å². The van der Waals surface area contributed by atoms with Crippen LogP contribution in [-0.4, -0.2) is 27.3 Å². The second-order valence-corrected chi connectivity index (χ2v) is 13.5. The first-order valence-electron chi connectivity index (χ1n) is 18.4. The minimum Gasteiger partial charge on any atom is -1.00 e. The molecule has 0 aliphatic heterocycles. The molecule has 8 heteroatoms. The lowest BCUT2D eigenvalue weighted by molar-refractivity contribution is -0.662. The molecule has 0 radical (unpaired) electrons. The molecule has 8 rings (SSSR count). The van der Waals surface area contributed by atoms with Gasteiger partial charge < -0.3 is 53.2 Å². The number of anilines is 4. The van der Waals surface area contributed by atoms with E-state index in [4.69, 9.17) is 9.47 Å². The SMILES string of the molecule is CN(c1ccccc1)c1cc[n+](Cc2ccc(OCCOc3ccc(C[n+]4ccc(N(C)c5ccccc5)c5ccccc54)cc3)cc2)c2ccccc12.[Br-].[Br-]. The normalized spacial score (nSPS) is 10.7. The van der Waals surface area contributed by atoms with Crippen molar-refractivity contribution in [2.24, 2.45) is 0 Å². The van der Waals surface area contributed by atoms with Crippen molar-refractivity contribution in [1.29, 1.82) is 0 Å². The van der Waals surface area contributed by atoms with Gasteiger partial charge in [0, 0.05) is 60.9 Å². The predicted molar refractivity (Wildman–Crippen MR) is 219 cm³/mol. The highest BCUT2D eigenvalue weighted by Crippen LogP contribution is 2.31. The fraction of sp³-hybridized carbons (Fsp3) is 0.125. The Bertz CT molecular complexity index is 2310. The summed E-state index contributed by atoms with van der Waals surface area (Å²) < 4.78 is 16.7. The highest BCUT2D eigenvalue weighted by Gasteiger charge is 2.18. The van der Waals surface area contributed by atoms with Crippen LogP contribution in [0, 0.1) is 0 Å². The third-order valence-electron chi connectivity index (χ3n) is 9.99. The maximum atomic E-state index is 6.04. The molecule has 6 nitrogen and oxygen atoms in total. The fourth-order valence-electron chi connectivity index (χ4n) is 7.08. The van der Waals surface area contributed by atoms with Gasteiger partial charge in [-0.05, 0) is 84.9 Å². The zero-order chi connectivity index (χ0) is 36.7. The van der Waals surface area contributed by atoms with Gasteiger partial charge in [0.15, 0.2) is 25.5 Å². The molecule has 0 amide bonds. The molecule has 282 valence electrons. The number of hydrogen-bond donors (Lipinski definition) is 0. The van der Waals surface area contributed by atoms with Crippen LogP contribution in [0.15, 0.2) is 182 Å². The first-order valence-corrected chi connectivity index (χ1v) is 18.4. The number of hydrogen-bond acceptors (Lipinski definition) is 4. The molecule has 0 unspecified atom stereocenters. The molecule has 56 heavy (non-hydrogen) atoms. The highest BCUT2D eigenvalue weighted by atomic mass is 79.9. The van der Waals surface area contributed by atoms with Crippen molar-refractivity contribution < 1.29 is 52.6 Å². The molecule has 0 aliphatic carbocycles. The van der Waals surface area contributed by atoms with E-state index < -0.39 is 0 Å². The minimum atomic E-state index is 0. The van der Waals surface area contributed by atoms with Crippen molar-refractivity contribution in [3.8, 4) is 11.5 Å². The predicted octanol–water partition coefficient (Wildman–Crippen LogP) is 3.67. The Morgan fingerprint density at radius 2 is 0.768 bits per heavy atom. The smallest absolute Gasteiger partial charge is 0.214 e. The van der Waals surface area contributed by atoms with Gasteiger partial charge >= 0.3 is 0 Å². The lowest BCUT2D eigenvalue weighted by Crippen LogP contribution is -3.00. The van der Waals surface area contributed by atoms with E-state index in [0.717, 1.165) is 36.0 Å². The second-order valence-electron chi connectivity index (χ2n) is 13.5. The second kappa shape index (κ2) is 18.8. The Morgan fingerprint density at radius 3 is 1.16 bits per heavy atom. The van der Waals surface area contributed by atoms with Gasteiger partial charge in [0.25, 0.3) is 0 Å². The van der Waals surface area contributed by atoms with Gasteiger partial charge in [-0.2, -0.15) is 9.13 Å². The third kappa shape index (κ3) is 9.05.